The number of carbonyl (C=O) groups excluding carboxylic acids is 1. The van der Waals surface area contributed by atoms with Gasteiger partial charge < -0.3 is 15.2 Å². The normalized spacial score (nSPS) is 13.1. The number of fused-ring (bicyclic) bond motifs is 1. The van der Waals surface area contributed by atoms with Gasteiger partial charge in [0.2, 0.25) is 0 Å². The Bertz CT molecular complexity index is 1190. The molecule has 2 aromatic heterocycles. The van der Waals surface area contributed by atoms with Crippen molar-refractivity contribution in [3.05, 3.63) is 69.4 Å². The Morgan fingerprint density at radius 3 is 2.73 bits per heavy atom. The van der Waals surface area contributed by atoms with Crippen molar-refractivity contribution in [2.75, 3.05) is 11.9 Å². The van der Waals surface area contributed by atoms with Crippen molar-refractivity contribution in [3.63, 3.8) is 0 Å². The molecule has 1 aromatic carbocycles. The second kappa shape index (κ2) is 10.3. The van der Waals surface area contributed by atoms with Gasteiger partial charge in [0.1, 0.15) is 5.00 Å². The number of para-hydroxylation sites is 1. The van der Waals surface area contributed by atoms with E-state index < -0.39 is 0 Å². The van der Waals surface area contributed by atoms with Gasteiger partial charge >= 0.3 is 0 Å². The zero-order valence-electron chi connectivity index (χ0n) is 19.2. The van der Waals surface area contributed by atoms with Crippen LogP contribution >= 0.6 is 23.6 Å². The number of aryl methyl sites for hydroxylation is 2. The summed E-state index contributed by atoms with van der Waals surface area (Å²) in [6, 6.07) is 11.7. The number of hydrogen-bond acceptors (Lipinski definition) is 4. The minimum absolute atomic E-state index is 0.0454. The van der Waals surface area contributed by atoms with E-state index in [-0.39, 0.29) is 5.91 Å². The molecule has 2 heterocycles. The fourth-order valence-corrected chi connectivity index (χ4v) is 5.94. The summed E-state index contributed by atoms with van der Waals surface area (Å²) in [5, 5.41) is 11.9. The predicted molar refractivity (Wildman–Crippen MR) is 141 cm³/mol. The van der Waals surface area contributed by atoms with E-state index in [0.29, 0.717) is 5.11 Å². The molecule has 8 heteroatoms. The van der Waals surface area contributed by atoms with Crippen LogP contribution in [0.2, 0.25) is 0 Å². The number of thiophene rings is 1. The Kier molecular flexibility index (Phi) is 7.25. The van der Waals surface area contributed by atoms with E-state index in [1.165, 1.54) is 16.9 Å². The van der Waals surface area contributed by atoms with Gasteiger partial charge in [0, 0.05) is 34.1 Å². The molecule has 4 rings (SSSR count). The summed E-state index contributed by atoms with van der Waals surface area (Å²) in [5.74, 6) is -0.0454. The number of benzene rings is 1. The highest BCUT2D eigenvalue weighted by Crippen LogP contribution is 2.39. The van der Waals surface area contributed by atoms with Crippen LogP contribution in [0, 0.1) is 13.8 Å². The first-order valence-electron chi connectivity index (χ1n) is 11.3. The lowest BCUT2D eigenvalue weighted by Crippen LogP contribution is -2.31. The summed E-state index contributed by atoms with van der Waals surface area (Å²) < 4.78 is 2.19. The van der Waals surface area contributed by atoms with E-state index in [9.17, 15) is 4.79 Å². The van der Waals surface area contributed by atoms with Gasteiger partial charge in [-0.2, -0.15) is 5.10 Å². The standard InChI is InChI=1S/C25H29N5OS2/c1-4-26-25(32)29-27-15-18-14-16(2)30(17(18)3)24-22(20-12-8-9-13-21(20)33-24)23(31)28-19-10-6-5-7-11-19/h5-7,10-11,14-15H,4,8-9,12-13H2,1-3H3,(H,28,31)(H2,26,29,32)/b27-15-. The lowest BCUT2D eigenvalue weighted by atomic mass is 9.95. The van der Waals surface area contributed by atoms with Gasteiger partial charge in [-0.15, -0.1) is 11.3 Å². The lowest BCUT2D eigenvalue weighted by molar-refractivity contribution is 0.102. The third-order valence-corrected chi connectivity index (χ3v) is 7.30. The van der Waals surface area contributed by atoms with Crippen LogP contribution in [0.1, 0.15) is 57.5 Å². The quantitative estimate of drug-likeness (QED) is 0.261. The minimum Gasteiger partial charge on any atom is -0.362 e. The topological polar surface area (TPSA) is 70.5 Å². The highest BCUT2D eigenvalue weighted by atomic mass is 32.1. The molecule has 1 aliphatic rings. The van der Waals surface area contributed by atoms with Gasteiger partial charge in [0.25, 0.3) is 5.91 Å². The van der Waals surface area contributed by atoms with Crippen LogP contribution in [0.25, 0.3) is 5.00 Å². The summed E-state index contributed by atoms with van der Waals surface area (Å²) in [4.78, 5) is 14.8. The third-order valence-electron chi connectivity index (χ3n) is 5.79. The average Bonchev–Trinajstić information content (AvgIpc) is 3.31. The molecule has 0 unspecified atom stereocenters. The number of aromatic nitrogens is 1. The molecule has 0 saturated heterocycles. The van der Waals surface area contributed by atoms with Crippen LogP contribution in [0.4, 0.5) is 5.69 Å². The zero-order chi connectivity index (χ0) is 23.4. The van der Waals surface area contributed by atoms with Gasteiger partial charge in [-0.25, -0.2) is 0 Å². The molecular weight excluding hydrogens is 450 g/mol. The maximum Gasteiger partial charge on any atom is 0.258 e. The Morgan fingerprint density at radius 2 is 1.97 bits per heavy atom. The first-order chi connectivity index (χ1) is 16.0. The van der Waals surface area contributed by atoms with Crippen molar-refractivity contribution in [2.45, 2.75) is 46.5 Å². The van der Waals surface area contributed by atoms with Gasteiger partial charge in [-0.05, 0) is 82.4 Å². The zero-order valence-corrected chi connectivity index (χ0v) is 20.8. The van der Waals surface area contributed by atoms with Crippen molar-refractivity contribution in [1.29, 1.82) is 0 Å². The highest BCUT2D eigenvalue weighted by Gasteiger charge is 2.28. The Morgan fingerprint density at radius 1 is 1.21 bits per heavy atom. The van der Waals surface area contributed by atoms with Crippen molar-refractivity contribution >= 4 is 46.5 Å². The van der Waals surface area contributed by atoms with E-state index in [4.69, 9.17) is 12.2 Å². The van der Waals surface area contributed by atoms with Crippen molar-refractivity contribution in [3.8, 4) is 5.00 Å². The number of thiocarbonyl (C=S) groups is 1. The molecule has 172 valence electrons. The number of anilines is 1. The van der Waals surface area contributed by atoms with Crippen LogP contribution in [-0.4, -0.2) is 28.3 Å². The average molecular weight is 480 g/mol. The van der Waals surface area contributed by atoms with Gasteiger partial charge in [0.05, 0.1) is 11.8 Å². The molecule has 0 radical (unpaired) electrons. The number of nitrogens with zero attached hydrogens (tertiary/aromatic N) is 2. The Labute approximate surface area is 204 Å². The van der Waals surface area contributed by atoms with Gasteiger partial charge in [-0.3, -0.25) is 10.2 Å². The summed E-state index contributed by atoms with van der Waals surface area (Å²) in [6.45, 7) is 6.86. The predicted octanol–water partition coefficient (Wildman–Crippen LogP) is 5.10. The Balaban J connectivity index is 1.71. The smallest absolute Gasteiger partial charge is 0.258 e. The fourth-order valence-electron chi connectivity index (χ4n) is 4.25. The first kappa shape index (κ1) is 23.2. The van der Waals surface area contributed by atoms with Crippen molar-refractivity contribution in [1.82, 2.24) is 15.3 Å². The molecule has 0 aliphatic heterocycles. The van der Waals surface area contributed by atoms with Crippen LogP contribution in [0.3, 0.4) is 0 Å². The molecule has 0 spiro atoms. The van der Waals surface area contributed by atoms with Crippen LogP contribution in [0.5, 0.6) is 0 Å². The van der Waals surface area contributed by atoms with Crippen LogP contribution in [-0.2, 0) is 12.8 Å². The van der Waals surface area contributed by atoms with E-state index in [0.717, 1.165) is 59.0 Å². The van der Waals surface area contributed by atoms with Crippen LogP contribution in [0.15, 0.2) is 41.5 Å². The molecule has 0 fully saturated rings. The van der Waals surface area contributed by atoms with E-state index in [1.807, 2.05) is 37.3 Å². The SMILES string of the molecule is CCNC(=S)N/N=C\c1cc(C)n(-c2sc3c(c2C(=O)Nc2ccccc2)CCCC3)c1C. The first-order valence-corrected chi connectivity index (χ1v) is 12.5. The number of nitrogens with one attached hydrogen (secondary N) is 3. The maximum absolute atomic E-state index is 13.5. The molecule has 33 heavy (non-hydrogen) atoms. The second-order valence-corrected chi connectivity index (χ2v) is 9.59. The molecule has 3 N–H and O–H groups in total. The molecule has 0 saturated carbocycles. The van der Waals surface area contributed by atoms with Gasteiger partial charge in [-0.1, -0.05) is 18.2 Å². The largest absolute Gasteiger partial charge is 0.362 e. The number of rotatable bonds is 6. The highest BCUT2D eigenvalue weighted by molar-refractivity contribution is 7.80. The molecule has 0 bridgehead atoms. The summed E-state index contributed by atoms with van der Waals surface area (Å²) >= 11 is 6.92. The molecule has 0 atom stereocenters. The monoisotopic (exact) mass is 479 g/mol. The molecule has 1 aliphatic carbocycles. The van der Waals surface area contributed by atoms with Crippen molar-refractivity contribution in [2.24, 2.45) is 5.10 Å². The Hall–Kier alpha value is -2.97. The summed E-state index contributed by atoms with van der Waals surface area (Å²) in [5.41, 5.74) is 8.75. The van der Waals surface area contributed by atoms with Crippen molar-refractivity contribution < 1.29 is 4.79 Å². The molecule has 1 amide bonds. The number of amides is 1. The molecular formula is C25H29N5OS2. The maximum atomic E-state index is 13.5. The van der Waals surface area contributed by atoms with Crippen LogP contribution < -0.4 is 16.1 Å². The van der Waals surface area contributed by atoms with Gasteiger partial charge in [0.15, 0.2) is 5.11 Å². The van der Waals surface area contributed by atoms with E-state index in [1.54, 1.807) is 17.6 Å². The lowest BCUT2D eigenvalue weighted by Gasteiger charge is -2.14. The minimum atomic E-state index is -0.0454. The molecule has 6 nitrogen and oxygen atoms in total. The summed E-state index contributed by atoms with van der Waals surface area (Å²) in [7, 11) is 0. The summed E-state index contributed by atoms with van der Waals surface area (Å²) in [6.07, 6.45) is 6.05. The van der Waals surface area contributed by atoms with E-state index in [2.05, 4.69) is 45.6 Å². The van der Waals surface area contributed by atoms with E-state index >= 15 is 0 Å². The molecule has 3 aromatic rings. The third kappa shape index (κ3) is 5.02. The number of carbonyl (C=O) groups is 1. The second-order valence-electron chi connectivity index (χ2n) is 8.10. The fraction of sp³-hybridized carbons (Fsp3) is 0.320. The number of hydrogen-bond donors (Lipinski definition) is 3. The number of hydrazone groups is 1.